The number of unbranched alkanes of at least 4 members (excludes halogenated alkanes) is 14. The van der Waals surface area contributed by atoms with Crippen LogP contribution in [0, 0.1) is 0 Å². The van der Waals surface area contributed by atoms with Gasteiger partial charge in [0.05, 0.1) is 34.4 Å². The molecule has 0 saturated carbocycles. The van der Waals surface area contributed by atoms with Gasteiger partial charge in [-0.05, 0) is 38.5 Å². The van der Waals surface area contributed by atoms with Gasteiger partial charge in [-0.25, -0.2) is 0 Å². The van der Waals surface area contributed by atoms with Crippen molar-refractivity contribution < 1.29 is 37.3 Å². The second-order valence-electron chi connectivity index (χ2n) is 12.9. The lowest BCUT2D eigenvalue weighted by Crippen LogP contribution is -2.37. The van der Waals surface area contributed by atoms with Crippen LogP contribution in [-0.2, 0) is 27.9 Å². The number of rotatable bonds is 32. The molecular formula is C35H68NO7P. The number of carbonyl (C=O) groups is 1. The molecule has 0 fully saturated rings. The summed E-state index contributed by atoms with van der Waals surface area (Å²) in [4.78, 5) is 24.8. The Morgan fingerprint density at radius 1 is 0.705 bits per heavy atom. The standard InChI is InChI=1S/C35H68NO7P/c1-6-8-10-12-14-16-17-18-19-20-22-24-26-28-35(37)43-34(33-42-44(38,39)41-31-29-36(3,4)5)32-40-30-27-25-23-21-15-13-11-9-7-2/h10,12,16-17,34H,6-9,11,13-15,18-33H2,1-5H3/b12-10-,17-16-. The number of carbonyl (C=O) groups excluding carboxylic acids is 1. The molecule has 0 aliphatic heterocycles. The van der Waals surface area contributed by atoms with Crippen LogP contribution in [0.3, 0.4) is 0 Å². The highest BCUT2D eigenvalue weighted by Gasteiger charge is 2.20. The van der Waals surface area contributed by atoms with Gasteiger partial charge in [0.1, 0.15) is 19.3 Å². The Labute approximate surface area is 271 Å². The lowest BCUT2D eigenvalue weighted by molar-refractivity contribution is -0.870. The first kappa shape index (κ1) is 43.0. The number of nitrogens with zero attached hydrogens (tertiary/aromatic N) is 1. The second-order valence-corrected chi connectivity index (χ2v) is 14.3. The average molecular weight is 646 g/mol. The highest BCUT2D eigenvalue weighted by atomic mass is 31.2. The van der Waals surface area contributed by atoms with Crippen molar-refractivity contribution in [2.24, 2.45) is 0 Å². The predicted molar refractivity (Wildman–Crippen MR) is 180 cm³/mol. The summed E-state index contributed by atoms with van der Waals surface area (Å²) in [5, 5.41) is 0. The van der Waals surface area contributed by atoms with Crippen LogP contribution in [0.15, 0.2) is 24.3 Å². The minimum atomic E-state index is -4.51. The number of hydrogen-bond acceptors (Lipinski definition) is 7. The van der Waals surface area contributed by atoms with Gasteiger partial charge in [-0.1, -0.05) is 115 Å². The van der Waals surface area contributed by atoms with Crippen molar-refractivity contribution in [1.82, 2.24) is 0 Å². The molecule has 0 aliphatic carbocycles. The zero-order valence-corrected chi connectivity index (χ0v) is 30.0. The van der Waals surface area contributed by atoms with E-state index in [9.17, 15) is 14.3 Å². The molecule has 0 heterocycles. The van der Waals surface area contributed by atoms with Crippen LogP contribution >= 0.6 is 7.82 Å². The van der Waals surface area contributed by atoms with E-state index >= 15 is 0 Å². The van der Waals surface area contributed by atoms with Gasteiger partial charge < -0.3 is 27.9 Å². The monoisotopic (exact) mass is 645 g/mol. The topological polar surface area (TPSA) is 94.1 Å². The summed E-state index contributed by atoms with van der Waals surface area (Å²) >= 11 is 0. The number of hydrogen-bond donors (Lipinski definition) is 0. The molecule has 260 valence electrons. The average Bonchev–Trinajstić information content (AvgIpc) is 2.96. The SMILES string of the molecule is CCC/C=C\C/C=C\CCCCCCCC(=O)OC(COCCCCCCCCCCC)COP(=O)([O-])OCC[N+](C)(C)C. The van der Waals surface area contributed by atoms with Gasteiger partial charge in [0.15, 0.2) is 0 Å². The predicted octanol–water partition coefficient (Wildman–Crippen LogP) is 8.69. The van der Waals surface area contributed by atoms with Gasteiger partial charge in [-0.15, -0.1) is 0 Å². The molecule has 0 aromatic rings. The molecule has 0 radical (unpaired) electrons. The second kappa shape index (κ2) is 29.4. The number of quaternary nitrogens is 1. The summed E-state index contributed by atoms with van der Waals surface area (Å²) in [5.41, 5.74) is 0. The van der Waals surface area contributed by atoms with E-state index in [1.165, 1.54) is 51.4 Å². The summed E-state index contributed by atoms with van der Waals surface area (Å²) in [5.74, 6) is -0.351. The van der Waals surface area contributed by atoms with Crippen molar-refractivity contribution in [3.05, 3.63) is 24.3 Å². The molecule has 8 nitrogen and oxygen atoms in total. The molecule has 44 heavy (non-hydrogen) atoms. The highest BCUT2D eigenvalue weighted by Crippen LogP contribution is 2.38. The smallest absolute Gasteiger partial charge is 0.306 e. The molecule has 0 amide bonds. The zero-order valence-electron chi connectivity index (χ0n) is 29.1. The maximum absolute atomic E-state index is 12.5. The fourth-order valence-corrected chi connectivity index (χ4v) is 5.19. The minimum absolute atomic E-state index is 0.0243. The van der Waals surface area contributed by atoms with Gasteiger partial charge in [0, 0.05) is 13.0 Å². The van der Waals surface area contributed by atoms with E-state index in [1.54, 1.807) is 0 Å². The van der Waals surface area contributed by atoms with Crippen molar-refractivity contribution in [1.29, 1.82) is 0 Å². The Morgan fingerprint density at radius 2 is 1.30 bits per heavy atom. The van der Waals surface area contributed by atoms with Crippen molar-refractivity contribution in [3.63, 3.8) is 0 Å². The van der Waals surface area contributed by atoms with Crippen molar-refractivity contribution in [2.45, 2.75) is 142 Å². The van der Waals surface area contributed by atoms with Crippen LogP contribution in [-0.4, -0.2) is 70.7 Å². The van der Waals surface area contributed by atoms with Gasteiger partial charge in [-0.2, -0.15) is 0 Å². The third kappa shape index (κ3) is 32.4. The lowest BCUT2D eigenvalue weighted by Gasteiger charge is -2.28. The summed E-state index contributed by atoms with van der Waals surface area (Å²) < 4.78 is 34.3. The van der Waals surface area contributed by atoms with Gasteiger partial charge >= 0.3 is 5.97 Å². The number of phosphoric ester groups is 1. The van der Waals surface area contributed by atoms with Crippen LogP contribution in [0.4, 0.5) is 0 Å². The molecule has 0 aromatic heterocycles. The number of ether oxygens (including phenoxy) is 2. The Hall–Kier alpha value is -1.02. The molecule has 2 unspecified atom stereocenters. The van der Waals surface area contributed by atoms with E-state index in [1.807, 2.05) is 21.1 Å². The van der Waals surface area contributed by atoms with Gasteiger partial charge in [0.2, 0.25) is 0 Å². The molecule has 2 atom stereocenters. The van der Waals surface area contributed by atoms with E-state index in [4.69, 9.17) is 18.5 Å². The first-order valence-corrected chi connectivity index (χ1v) is 19.0. The number of likely N-dealkylation sites (N-methyl/N-ethyl adjacent to an activating group) is 1. The van der Waals surface area contributed by atoms with Crippen LogP contribution in [0.1, 0.15) is 136 Å². The first-order chi connectivity index (χ1) is 21.1. The maximum atomic E-state index is 12.5. The Kier molecular flexibility index (Phi) is 28.7. The minimum Gasteiger partial charge on any atom is -0.756 e. The summed E-state index contributed by atoms with van der Waals surface area (Å²) in [7, 11) is 1.34. The van der Waals surface area contributed by atoms with Crippen LogP contribution in [0.2, 0.25) is 0 Å². The highest BCUT2D eigenvalue weighted by molar-refractivity contribution is 7.45. The quantitative estimate of drug-likeness (QED) is 0.0238. The van der Waals surface area contributed by atoms with E-state index in [-0.39, 0.29) is 25.8 Å². The summed E-state index contributed by atoms with van der Waals surface area (Å²) in [6.07, 6.45) is 29.0. The van der Waals surface area contributed by atoms with Crippen LogP contribution in [0.25, 0.3) is 0 Å². The van der Waals surface area contributed by atoms with Crippen molar-refractivity contribution in [2.75, 3.05) is 54.1 Å². The van der Waals surface area contributed by atoms with Gasteiger partial charge in [-0.3, -0.25) is 9.36 Å². The fraction of sp³-hybridized carbons (Fsp3) is 0.857. The van der Waals surface area contributed by atoms with E-state index in [0.717, 1.165) is 64.2 Å². The number of esters is 1. The molecule has 0 aliphatic rings. The molecular weight excluding hydrogens is 577 g/mol. The summed E-state index contributed by atoms with van der Waals surface area (Å²) in [6, 6.07) is 0. The largest absolute Gasteiger partial charge is 0.756 e. The molecule has 0 aromatic carbocycles. The normalized spacial score (nSPS) is 14.4. The Morgan fingerprint density at radius 3 is 1.93 bits per heavy atom. The first-order valence-electron chi connectivity index (χ1n) is 17.6. The zero-order chi connectivity index (χ0) is 32.8. The molecule has 0 saturated heterocycles. The van der Waals surface area contributed by atoms with E-state index < -0.39 is 13.9 Å². The third-order valence-electron chi connectivity index (χ3n) is 7.24. The van der Waals surface area contributed by atoms with E-state index in [0.29, 0.717) is 24.1 Å². The lowest BCUT2D eigenvalue weighted by atomic mass is 10.1. The maximum Gasteiger partial charge on any atom is 0.306 e. The van der Waals surface area contributed by atoms with E-state index in [2.05, 4.69) is 38.2 Å². The molecule has 0 N–H and O–H groups in total. The van der Waals surface area contributed by atoms with Crippen LogP contribution < -0.4 is 4.89 Å². The van der Waals surface area contributed by atoms with Crippen molar-refractivity contribution in [3.8, 4) is 0 Å². The molecule has 0 bridgehead atoms. The van der Waals surface area contributed by atoms with Crippen LogP contribution in [0.5, 0.6) is 0 Å². The molecule has 9 heteroatoms. The Balaban J connectivity index is 4.36. The third-order valence-corrected chi connectivity index (χ3v) is 8.20. The number of allylic oxidation sites excluding steroid dienone is 4. The molecule has 0 rings (SSSR count). The summed E-state index contributed by atoms with van der Waals surface area (Å²) in [6.45, 7) is 5.30. The Bertz CT molecular complexity index is 767. The fourth-order valence-electron chi connectivity index (χ4n) is 4.46. The van der Waals surface area contributed by atoms with Crippen molar-refractivity contribution >= 4 is 13.8 Å². The molecule has 0 spiro atoms. The number of phosphoric acid groups is 1. The van der Waals surface area contributed by atoms with Gasteiger partial charge in [0.25, 0.3) is 7.82 Å².